The SMILES string of the molecule is CC(C)(C(=O)NCc1ccccc1)n1cc(-c2ccc3c(c2)OCCO3)cn1. The summed E-state index contributed by atoms with van der Waals surface area (Å²) in [7, 11) is 0. The Morgan fingerprint density at radius 2 is 1.82 bits per heavy atom. The predicted molar refractivity (Wildman–Crippen MR) is 106 cm³/mol. The Morgan fingerprint density at radius 3 is 2.61 bits per heavy atom. The minimum Gasteiger partial charge on any atom is -0.486 e. The largest absolute Gasteiger partial charge is 0.486 e. The Balaban J connectivity index is 1.50. The normalized spacial score (nSPS) is 13.2. The van der Waals surface area contributed by atoms with Crippen LogP contribution in [-0.2, 0) is 16.9 Å². The number of fused-ring (bicyclic) bond motifs is 1. The van der Waals surface area contributed by atoms with Crippen LogP contribution in [0.2, 0.25) is 0 Å². The maximum absolute atomic E-state index is 12.8. The molecule has 0 spiro atoms. The molecule has 2 aromatic carbocycles. The number of carbonyl (C=O) groups is 1. The van der Waals surface area contributed by atoms with E-state index in [1.807, 2.05) is 68.6 Å². The molecule has 0 bridgehead atoms. The summed E-state index contributed by atoms with van der Waals surface area (Å²) in [4.78, 5) is 12.8. The summed E-state index contributed by atoms with van der Waals surface area (Å²) in [6.45, 7) is 5.31. The molecule has 6 heteroatoms. The van der Waals surface area contributed by atoms with Gasteiger partial charge in [0.25, 0.3) is 0 Å². The number of nitrogens with zero attached hydrogens (tertiary/aromatic N) is 2. The number of rotatable bonds is 5. The summed E-state index contributed by atoms with van der Waals surface area (Å²) in [5.41, 5.74) is 2.13. The number of ether oxygens (including phenoxy) is 2. The minimum absolute atomic E-state index is 0.0897. The van der Waals surface area contributed by atoms with Crippen LogP contribution in [0, 0.1) is 0 Å². The average molecular weight is 377 g/mol. The highest BCUT2D eigenvalue weighted by molar-refractivity contribution is 5.83. The second-order valence-corrected chi connectivity index (χ2v) is 7.26. The van der Waals surface area contributed by atoms with Gasteiger partial charge in [-0.3, -0.25) is 9.48 Å². The summed E-state index contributed by atoms with van der Waals surface area (Å²) >= 11 is 0. The van der Waals surface area contributed by atoms with Gasteiger partial charge in [0.1, 0.15) is 18.8 Å². The molecular weight excluding hydrogens is 354 g/mol. The van der Waals surface area contributed by atoms with Crippen LogP contribution in [0.5, 0.6) is 11.5 Å². The lowest BCUT2D eigenvalue weighted by atomic mass is 10.0. The van der Waals surface area contributed by atoms with E-state index in [-0.39, 0.29) is 5.91 Å². The zero-order chi connectivity index (χ0) is 19.6. The van der Waals surface area contributed by atoms with E-state index in [1.54, 1.807) is 10.9 Å². The first-order valence-electron chi connectivity index (χ1n) is 9.31. The number of amides is 1. The third kappa shape index (κ3) is 3.58. The third-order valence-electron chi connectivity index (χ3n) is 4.88. The number of carbonyl (C=O) groups excluding carboxylic acids is 1. The first-order valence-corrected chi connectivity index (χ1v) is 9.31. The average Bonchev–Trinajstić information content (AvgIpc) is 3.23. The van der Waals surface area contributed by atoms with Crippen molar-refractivity contribution in [3.05, 3.63) is 66.5 Å². The Hall–Kier alpha value is -3.28. The molecule has 0 unspecified atom stereocenters. The smallest absolute Gasteiger partial charge is 0.247 e. The Kier molecular flexibility index (Phi) is 4.77. The highest BCUT2D eigenvalue weighted by Crippen LogP contribution is 2.34. The summed E-state index contributed by atoms with van der Waals surface area (Å²) in [5.74, 6) is 1.40. The topological polar surface area (TPSA) is 65.4 Å². The van der Waals surface area contributed by atoms with Gasteiger partial charge in [-0.1, -0.05) is 36.4 Å². The lowest BCUT2D eigenvalue weighted by Gasteiger charge is -2.24. The molecule has 0 radical (unpaired) electrons. The first-order chi connectivity index (χ1) is 13.5. The van der Waals surface area contributed by atoms with Gasteiger partial charge in [-0.25, -0.2) is 0 Å². The maximum Gasteiger partial charge on any atom is 0.247 e. The van der Waals surface area contributed by atoms with Crippen LogP contribution in [0.3, 0.4) is 0 Å². The van der Waals surface area contributed by atoms with E-state index < -0.39 is 5.54 Å². The van der Waals surface area contributed by atoms with Crippen LogP contribution < -0.4 is 14.8 Å². The minimum atomic E-state index is -0.819. The number of benzene rings is 2. The highest BCUT2D eigenvalue weighted by atomic mass is 16.6. The van der Waals surface area contributed by atoms with E-state index in [2.05, 4.69) is 10.4 Å². The van der Waals surface area contributed by atoms with E-state index in [0.717, 1.165) is 28.2 Å². The standard InChI is InChI=1S/C22H23N3O3/c1-22(2,21(26)23-13-16-6-4-3-5-7-16)25-15-18(14-24-25)17-8-9-19-20(12-17)28-11-10-27-19/h3-9,12,14-15H,10-11,13H2,1-2H3,(H,23,26). The first kappa shape index (κ1) is 18.1. The van der Waals surface area contributed by atoms with Crippen molar-refractivity contribution in [2.75, 3.05) is 13.2 Å². The molecular formula is C22H23N3O3. The van der Waals surface area contributed by atoms with Crippen LogP contribution in [-0.4, -0.2) is 28.9 Å². The molecule has 0 atom stereocenters. The molecule has 0 saturated heterocycles. The van der Waals surface area contributed by atoms with Crippen LogP contribution in [0.4, 0.5) is 0 Å². The molecule has 28 heavy (non-hydrogen) atoms. The molecule has 2 heterocycles. The van der Waals surface area contributed by atoms with Crippen LogP contribution in [0.25, 0.3) is 11.1 Å². The fourth-order valence-corrected chi connectivity index (χ4v) is 3.10. The maximum atomic E-state index is 12.8. The summed E-state index contributed by atoms with van der Waals surface area (Å²) in [6, 6.07) is 15.7. The van der Waals surface area contributed by atoms with Gasteiger partial charge < -0.3 is 14.8 Å². The third-order valence-corrected chi connectivity index (χ3v) is 4.88. The lowest BCUT2D eigenvalue weighted by molar-refractivity contribution is -0.129. The van der Waals surface area contributed by atoms with E-state index in [0.29, 0.717) is 19.8 Å². The Bertz CT molecular complexity index is 980. The molecule has 1 aliphatic heterocycles. The van der Waals surface area contributed by atoms with Crippen LogP contribution in [0.1, 0.15) is 19.4 Å². The molecule has 0 aliphatic carbocycles. The van der Waals surface area contributed by atoms with Gasteiger partial charge in [-0.05, 0) is 37.1 Å². The number of hydrogen-bond donors (Lipinski definition) is 1. The van der Waals surface area contributed by atoms with Crippen LogP contribution >= 0.6 is 0 Å². The van der Waals surface area contributed by atoms with Gasteiger partial charge in [0, 0.05) is 18.3 Å². The number of hydrogen-bond acceptors (Lipinski definition) is 4. The van der Waals surface area contributed by atoms with Gasteiger partial charge in [0.2, 0.25) is 5.91 Å². The van der Waals surface area contributed by atoms with Crippen molar-refractivity contribution in [3.8, 4) is 22.6 Å². The van der Waals surface area contributed by atoms with Gasteiger partial charge >= 0.3 is 0 Å². The van der Waals surface area contributed by atoms with Crippen molar-refractivity contribution in [2.45, 2.75) is 25.9 Å². The molecule has 1 aromatic heterocycles. The van der Waals surface area contributed by atoms with Gasteiger partial charge in [-0.2, -0.15) is 5.10 Å². The second kappa shape index (κ2) is 7.38. The summed E-state index contributed by atoms with van der Waals surface area (Å²) in [5, 5.41) is 7.43. The fourth-order valence-electron chi connectivity index (χ4n) is 3.10. The zero-order valence-corrected chi connectivity index (χ0v) is 16.0. The number of aromatic nitrogens is 2. The van der Waals surface area contributed by atoms with Crippen LogP contribution in [0.15, 0.2) is 60.9 Å². The Labute approximate surface area is 164 Å². The molecule has 6 nitrogen and oxygen atoms in total. The van der Waals surface area contributed by atoms with Crippen molar-refractivity contribution in [3.63, 3.8) is 0 Å². The van der Waals surface area contributed by atoms with Crippen molar-refractivity contribution < 1.29 is 14.3 Å². The summed E-state index contributed by atoms with van der Waals surface area (Å²) < 4.78 is 12.9. The van der Waals surface area contributed by atoms with E-state index in [4.69, 9.17) is 9.47 Å². The molecule has 144 valence electrons. The number of nitrogens with one attached hydrogen (secondary N) is 1. The van der Waals surface area contributed by atoms with E-state index in [9.17, 15) is 4.79 Å². The highest BCUT2D eigenvalue weighted by Gasteiger charge is 2.30. The van der Waals surface area contributed by atoms with Gasteiger partial charge in [-0.15, -0.1) is 0 Å². The molecule has 1 N–H and O–H groups in total. The quantitative estimate of drug-likeness (QED) is 0.740. The van der Waals surface area contributed by atoms with Gasteiger partial charge in [0.05, 0.1) is 6.20 Å². The van der Waals surface area contributed by atoms with Crippen molar-refractivity contribution in [2.24, 2.45) is 0 Å². The van der Waals surface area contributed by atoms with Crippen molar-refractivity contribution in [1.29, 1.82) is 0 Å². The monoisotopic (exact) mass is 377 g/mol. The predicted octanol–water partition coefficient (Wildman–Crippen LogP) is 3.37. The van der Waals surface area contributed by atoms with E-state index >= 15 is 0 Å². The zero-order valence-electron chi connectivity index (χ0n) is 16.0. The van der Waals surface area contributed by atoms with Gasteiger partial charge in [0.15, 0.2) is 11.5 Å². The molecule has 3 aromatic rings. The second-order valence-electron chi connectivity index (χ2n) is 7.26. The molecule has 0 saturated carbocycles. The van der Waals surface area contributed by atoms with E-state index in [1.165, 1.54) is 0 Å². The molecule has 0 fully saturated rings. The molecule has 1 amide bonds. The Morgan fingerprint density at radius 1 is 1.07 bits per heavy atom. The lowest BCUT2D eigenvalue weighted by Crippen LogP contribution is -2.44. The molecule has 1 aliphatic rings. The van der Waals surface area contributed by atoms with Crippen molar-refractivity contribution >= 4 is 5.91 Å². The van der Waals surface area contributed by atoms with Crippen molar-refractivity contribution in [1.82, 2.24) is 15.1 Å². The molecule has 4 rings (SSSR count). The fraction of sp³-hybridized carbons (Fsp3) is 0.273. The summed E-state index contributed by atoms with van der Waals surface area (Å²) in [6.07, 6.45) is 3.64.